The Balaban J connectivity index is 1.99. The van der Waals surface area contributed by atoms with Crippen molar-refractivity contribution in [1.82, 2.24) is 10.2 Å². The summed E-state index contributed by atoms with van der Waals surface area (Å²) in [5, 5.41) is 5.64. The highest BCUT2D eigenvalue weighted by Crippen LogP contribution is 2.25. The van der Waals surface area contributed by atoms with Crippen LogP contribution in [-0.2, 0) is 4.79 Å². The lowest BCUT2D eigenvalue weighted by Gasteiger charge is -2.33. The molecule has 3 amide bonds. The summed E-state index contributed by atoms with van der Waals surface area (Å²) in [5.74, 6) is -0.177. The van der Waals surface area contributed by atoms with Gasteiger partial charge in [0.15, 0.2) is 0 Å². The summed E-state index contributed by atoms with van der Waals surface area (Å²) in [7, 11) is 1.42. The van der Waals surface area contributed by atoms with Crippen LogP contribution in [0.25, 0.3) is 0 Å². The molecule has 1 aromatic rings. The van der Waals surface area contributed by atoms with Crippen molar-refractivity contribution in [1.29, 1.82) is 0 Å². The zero-order valence-electron chi connectivity index (χ0n) is 13.4. The number of methoxy groups -OCH3 is 1. The number of amides is 3. The van der Waals surface area contributed by atoms with Crippen molar-refractivity contribution in [2.45, 2.75) is 32.2 Å². The lowest BCUT2D eigenvalue weighted by Crippen LogP contribution is -2.50. The van der Waals surface area contributed by atoms with Gasteiger partial charge in [-0.3, -0.25) is 4.79 Å². The lowest BCUT2D eigenvalue weighted by molar-refractivity contribution is -0.121. The second-order valence-corrected chi connectivity index (χ2v) is 5.48. The average Bonchev–Trinajstić information content (AvgIpc) is 2.56. The molecule has 126 valence electrons. The molecule has 0 aromatic heterocycles. The van der Waals surface area contributed by atoms with E-state index in [1.54, 1.807) is 11.8 Å². The SMILES string of the molecule is CCC(=O)N[C@@H]1CCCN(C(=O)Nc2ccc(F)cc2OC)C1. The second kappa shape index (κ2) is 7.80. The molecule has 0 bridgehead atoms. The molecule has 0 saturated carbocycles. The number of carbonyl (C=O) groups is 2. The molecule has 0 spiro atoms. The fraction of sp³-hybridized carbons (Fsp3) is 0.500. The molecular formula is C16H22FN3O3. The number of carbonyl (C=O) groups excluding carboxylic acids is 2. The van der Waals surface area contributed by atoms with E-state index in [2.05, 4.69) is 10.6 Å². The largest absolute Gasteiger partial charge is 0.494 e. The summed E-state index contributed by atoms with van der Waals surface area (Å²) in [4.78, 5) is 25.5. The number of likely N-dealkylation sites (tertiary alicyclic amines) is 1. The third-order valence-electron chi connectivity index (χ3n) is 3.80. The number of hydrogen-bond donors (Lipinski definition) is 2. The molecule has 1 fully saturated rings. The maximum Gasteiger partial charge on any atom is 0.322 e. The van der Waals surface area contributed by atoms with Gasteiger partial charge in [-0.25, -0.2) is 9.18 Å². The van der Waals surface area contributed by atoms with Crippen LogP contribution < -0.4 is 15.4 Å². The fourth-order valence-corrected chi connectivity index (χ4v) is 2.57. The van der Waals surface area contributed by atoms with E-state index >= 15 is 0 Å². The maximum atomic E-state index is 13.2. The number of piperidine rings is 1. The topological polar surface area (TPSA) is 70.7 Å². The molecule has 0 aliphatic carbocycles. The molecule has 1 aliphatic rings. The van der Waals surface area contributed by atoms with Crippen molar-refractivity contribution in [3.8, 4) is 5.75 Å². The Kier molecular flexibility index (Phi) is 5.78. The molecule has 7 heteroatoms. The third kappa shape index (κ3) is 4.58. The van der Waals surface area contributed by atoms with Gasteiger partial charge in [0.1, 0.15) is 11.6 Å². The molecule has 23 heavy (non-hydrogen) atoms. The molecule has 1 heterocycles. The fourth-order valence-electron chi connectivity index (χ4n) is 2.57. The first-order valence-electron chi connectivity index (χ1n) is 7.72. The van der Waals surface area contributed by atoms with Gasteiger partial charge in [0.05, 0.1) is 12.8 Å². The number of urea groups is 1. The number of halogens is 1. The Morgan fingerprint density at radius 2 is 2.22 bits per heavy atom. The molecule has 1 aliphatic heterocycles. The minimum Gasteiger partial charge on any atom is -0.494 e. The molecule has 6 nitrogen and oxygen atoms in total. The smallest absolute Gasteiger partial charge is 0.322 e. The standard InChI is InChI=1S/C16H22FN3O3/c1-3-15(21)18-12-5-4-8-20(10-12)16(22)19-13-7-6-11(17)9-14(13)23-2/h6-7,9,12H,3-5,8,10H2,1-2H3,(H,18,21)(H,19,22)/t12-/m1/s1. The lowest BCUT2D eigenvalue weighted by atomic mass is 10.1. The van der Waals surface area contributed by atoms with E-state index in [1.807, 2.05) is 0 Å². The van der Waals surface area contributed by atoms with E-state index in [0.717, 1.165) is 12.8 Å². The van der Waals surface area contributed by atoms with Gasteiger partial charge < -0.3 is 20.3 Å². The molecule has 0 radical (unpaired) electrons. The van der Waals surface area contributed by atoms with Gasteiger partial charge in [0.25, 0.3) is 0 Å². The number of nitrogens with one attached hydrogen (secondary N) is 2. The first-order valence-corrected chi connectivity index (χ1v) is 7.72. The van der Waals surface area contributed by atoms with Crippen molar-refractivity contribution in [3.63, 3.8) is 0 Å². The van der Waals surface area contributed by atoms with Gasteiger partial charge in [-0.15, -0.1) is 0 Å². The normalized spacial score (nSPS) is 17.5. The van der Waals surface area contributed by atoms with Crippen LogP contribution in [0.1, 0.15) is 26.2 Å². The van der Waals surface area contributed by atoms with E-state index in [4.69, 9.17) is 4.74 Å². The summed E-state index contributed by atoms with van der Waals surface area (Å²) in [6, 6.07) is 3.63. The van der Waals surface area contributed by atoms with Gasteiger partial charge in [-0.05, 0) is 25.0 Å². The van der Waals surface area contributed by atoms with Crippen molar-refractivity contribution in [2.75, 3.05) is 25.5 Å². The van der Waals surface area contributed by atoms with E-state index < -0.39 is 5.82 Å². The number of rotatable bonds is 4. The quantitative estimate of drug-likeness (QED) is 0.893. The van der Waals surface area contributed by atoms with Crippen LogP contribution in [-0.4, -0.2) is 43.1 Å². The predicted octanol–water partition coefficient (Wildman–Crippen LogP) is 2.36. The van der Waals surface area contributed by atoms with Gasteiger partial charge in [-0.1, -0.05) is 6.92 Å². The van der Waals surface area contributed by atoms with Gasteiger partial charge in [0.2, 0.25) is 5.91 Å². The van der Waals surface area contributed by atoms with Gasteiger partial charge in [0, 0.05) is 31.6 Å². The molecule has 1 aromatic carbocycles. The Morgan fingerprint density at radius 1 is 1.43 bits per heavy atom. The van der Waals surface area contributed by atoms with Crippen LogP contribution in [0.2, 0.25) is 0 Å². The molecule has 2 rings (SSSR count). The highest BCUT2D eigenvalue weighted by molar-refractivity contribution is 5.91. The Morgan fingerprint density at radius 3 is 2.91 bits per heavy atom. The summed E-state index contributed by atoms with van der Waals surface area (Å²) in [5.41, 5.74) is 0.415. The second-order valence-electron chi connectivity index (χ2n) is 5.48. The Bertz CT molecular complexity index is 580. The Hall–Kier alpha value is -2.31. The highest BCUT2D eigenvalue weighted by atomic mass is 19.1. The number of anilines is 1. The number of hydrogen-bond acceptors (Lipinski definition) is 3. The van der Waals surface area contributed by atoms with E-state index in [1.165, 1.54) is 25.3 Å². The van der Waals surface area contributed by atoms with Crippen LogP contribution >= 0.6 is 0 Å². The molecular weight excluding hydrogens is 301 g/mol. The van der Waals surface area contributed by atoms with Crippen molar-refractivity contribution in [3.05, 3.63) is 24.0 Å². The molecule has 1 atom stereocenters. The van der Waals surface area contributed by atoms with Crippen LogP contribution in [0.15, 0.2) is 18.2 Å². The monoisotopic (exact) mass is 323 g/mol. The van der Waals surface area contributed by atoms with Crippen LogP contribution in [0.5, 0.6) is 5.75 Å². The molecule has 1 saturated heterocycles. The maximum absolute atomic E-state index is 13.2. The highest BCUT2D eigenvalue weighted by Gasteiger charge is 2.25. The summed E-state index contributed by atoms with van der Waals surface area (Å²) in [6.45, 7) is 2.87. The third-order valence-corrected chi connectivity index (χ3v) is 3.80. The molecule has 2 N–H and O–H groups in total. The van der Waals surface area contributed by atoms with E-state index in [9.17, 15) is 14.0 Å². The first-order chi connectivity index (χ1) is 11.0. The van der Waals surface area contributed by atoms with Gasteiger partial charge >= 0.3 is 6.03 Å². The van der Waals surface area contributed by atoms with E-state index in [0.29, 0.717) is 25.2 Å². The van der Waals surface area contributed by atoms with Crippen molar-refractivity contribution >= 4 is 17.6 Å². The summed E-state index contributed by atoms with van der Waals surface area (Å²) < 4.78 is 18.3. The van der Waals surface area contributed by atoms with Crippen LogP contribution in [0.4, 0.5) is 14.9 Å². The number of nitrogens with zero attached hydrogens (tertiary/aromatic N) is 1. The first kappa shape index (κ1) is 17.1. The zero-order valence-corrected chi connectivity index (χ0v) is 13.4. The van der Waals surface area contributed by atoms with Gasteiger partial charge in [-0.2, -0.15) is 0 Å². The summed E-state index contributed by atoms with van der Waals surface area (Å²) in [6.07, 6.45) is 2.10. The van der Waals surface area contributed by atoms with Crippen molar-refractivity contribution in [2.24, 2.45) is 0 Å². The van der Waals surface area contributed by atoms with E-state index in [-0.39, 0.29) is 23.7 Å². The van der Waals surface area contributed by atoms with Crippen LogP contribution in [0.3, 0.4) is 0 Å². The van der Waals surface area contributed by atoms with Crippen LogP contribution in [0, 0.1) is 5.82 Å². The minimum atomic E-state index is -0.430. The van der Waals surface area contributed by atoms with Crippen molar-refractivity contribution < 1.29 is 18.7 Å². The minimum absolute atomic E-state index is 0.0162. The average molecular weight is 323 g/mol. The number of benzene rings is 1. The summed E-state index contributed by atoms with van der Waals surface area (Å²) >= 11 is 0. The predicted molar refractivity (Wildman–Crippen MR) is 85.0 cm³/mol. The number of ether oxygens (including phenoxy) is 1. The molecule has 0 unspecified atom stereocenters. The zero-order chi connectivity index (χ0) is 16.8. The Labute approximate surface area is 135 Å².